The van der Waals surface area contributed by atoms with Gasteiger partial charge in [-0.05, 0) is 88.6 Å². The maximum Gasteiger partial charge on any atom is 0.210 e. The van der Waals surface area contributed by atoms with Crippen molar-refractivity contribution in [3.8, 4) is 5.75 Å². The SMILES string of the molecule is CCOc1ccc(S(=O)(=O)c2cnc3ccc([S@@](C)=O)cc3c2N2CCC(N3CCC(N4CCN(CC)CC4)CC3)CC2)cc1F. The minimum atomic E-state index is -4.15. The molecule has 3 aliphatic heterocycles. The third-order valence-corrected chi connectivity index (χ3v) is 12.7. The lowest BCUT2D eigenvalue weighted by Gasteiger charge is -2.46. The van der Waals surface area contributed by atoms with E-state index in [0.29, 0.717) is 46.7 Å². The number of pyridine rings is 1. The van der Waals surface area contributed by atoms with Gasteiger partial charge in [0.05, 0.1) is 22.7 Å². The van der Waals surface area contributed by atoms with E-state index in [1.807, 2.05) is 0 Å². The molecule has 2 aromatic carbocycles. The molecular formula is C34H46FN5O4S2. The molecule has 3 aromatic rings. The van der Waals surface area contributed by atoms with Crippen molar-refractivity contribution in [1.29, 1.82) is 0 Å². The van der Waals surface area contributed by atoms with Crippen LogP contribution in [0.25, 0.3) is 10.9 Å². The number of piperidine rings is 2. The van der Waals surface area contributed by atoms with Gasteiger partial charge in [-0.2, -0.15) is 0 Å². The van der Waals surface area contributed by atoms with Crippen molar-refractivity contribution in [3.05, 3.63) is 48.4 Å². The molecule has 1 atom stereocenters. The number of hydrogen-bond acceptors (Lipinski definition) is 9. The van der Waals surface area contributed by atoms with Gasteiger partial charge in [-0.25, -0.2) is 12.8 Å². The lowest BCUT2D eigenvalue weighted by atomic mass is 9.96. The summed E-state index contributed by atoms with van der Waals surface area (Å²) in [5.74, 6) is -0.715. The van der Waals surface area contributed by atoms with Gasteiger partial charge in [0.2, 0.25) is 9.84 Å². The fourth-order valence-corrected chi connectivity index (χ4v) is 9.39. The molecule has 0 spiro atoms. The first kappa shape index (κ1) is 33.3. The molecule has 0 saturated carbocycles. The first-order valence-electron chi connectivity index (χ1n) is 16.6. The van der Waals surface area contributed by atoms with Gasteiger partial charge in [-0.3, -0.25) is 14.1 Å². The zero-order valence-corrected chi connectivity index (χ0v) is 28.8. The van der Waals surface area contributed by atoms with Crippen molar-refractivity contribution in [2.45, 2.75) is 66.3 Å². The quantitative estimate of drug-likeness (QED) is 0.329. The van der Waals surface area contributed by atoms with Crippen molar-refractivity contribution in [1.82, 2.24) is 19.7 Å². The van der Waals surface area contributed by atoms with Crippen LogP contribution in [0.3, 0.4) is 0 Å². The largest absolute Gasteiger partial charge is 0.491 e. The summed E-state index contributed by atoms with van der Waals surface area (Å²) in [4.78, 5) is 15.0. The van der Waals surface area contributed by atoms with E-state index in [4.69, 9.17) is 4.74 Å². The highest BCUT2D eigenvalue weighted by Gasteiger charge is 2.34. The molecule has 4 heterocycles. The second-order valence-corrected chi connectivity index (χ2v) is 15.9. The number of likely N-dealkylation sites (tertiary alicyclic amines) is 1. The number of anilines is 1. The van der Waals surface area contributed by atoms with E-state index >= 15 is 0 Å². The van der Waals surface area contributed by atoms with E-state index in [1.54, 1.807) is 31.4 Å². The molecule has 0 N–H and O–H groups in total. The maximum absolute atomic E-state index is 14.9. The summed E-state index contributed by atoms with van der Waals surface area (Å²) >= 11 is 0. The smallest absolute Gasteiger partial charge is 0.210 e. The van der Waals surface area contributed by atoms with Crippen molar-refractivity contribution in [3.63, 3.8) is 0 Å². The van der Waals surface area contributed by atoms with Crippen LogP contribution >= 0.6 is 0 Å². The average molecular weight is 672 g/mol. The lowest BCUT2D eigenvalue weighted by molar-refractivity contribution is 0.0449. The van der Waals surface area contributed by atoms with Crippen molar-refractivity contribution in [2.75, 3.05) is 76.7 Å². The molecule has 1 aromatic heterocycles. The number of sulfone groups is 1. The van der Waals surface area contributed by atoms with E-state index in [0.717, 1.165) is 38.5 Å². The van der Waals surface area contributed by atoms with Gasteiger partial charge >= 0.3 is 0 Å². The fourth-order valence-electron chi connectivity index (χ4n) is 7.40. The second-order valence-electron chi connectivity index (χ2n) is 12.6. The van der Waals surface area contributed by atoms with Gasteiger partial charge in [0, 0.05) is 84.9 Å². The Morgan fingerprint density at radius 1 is 0.891 bits per heavy atom. The molecule has 3 fully saturated rings. The van der Waals surface area contributed by atoms with E-state index in [2.05, 4.69) is 31.5 Å². The molecule has 46 heavy (non-hydrogen) atoms. The van der Waals surface area contributed by atoms with Gasteiger partial charge < -0.3 is 19.4 Å². The summed E-state index contributed by atoms with van der Waals surface area (Å²) in [6.07, 6.45) is 7.22. The minimum absolute atomic E-state index is 0.0125. The van der Waals surface area contributed by atoms with Gasteiger partial charge in [-0.1, -0.05) is 6.92 Å². The van der Waals surface area contributed by atoms with Gasteiger partial charge in [0.25, 0.3) is 0 Å². The number of halogens is 1. The number of ether oxygens (including phenoxy) is 1. The Morgan fingerprint density at radius 3 is 2.15 bits per heavy atom. The number of likely N-dealkylation sites (N-methyl/N-ethyl adjacent to an activating group) is 1. The van der Waals surface area contributed by atoms with Crippen molar-refractivity contribution >= 4 is 37.2 Å². The Balaban J connectivity index is 1.23. The molecular weight excluding hydrogens is 626 g/mol. The van der Waals surface area contributed by atoms with Crippen LogP contribution in [0.4, 0.5) is 10.1 Å². The van der Waals surface area contributed by atoms with E-state index in [-0.39, 0.29) is 22.1 Å². The summed E-state index contributed by atoms with van der Waals surface area (Å²) in [6.45, 7) is 13.6. The van der Waals surface area contributed by atoms with Gasteiger partial charge in [0.15, 0.2) is 11.6 Å². The zero-order valence-electron chi connectivity index (χ0n) is 27.2. The summed E-state index contributed by atoms with van der Waals surface area (Å²) in [5.41, 5.74) is 1.18. The number of hydrogen-bond donors (Lipinski definition) is 0. The van der Waals surface area contributed by atoms with Crippen LogP contribution in [-0.2, 0) is 20.6 Å². The molecule has 3 aliphatic rings. The predicted molar refractivity (Wildman–Crippen MR) is 181 cm³/mol. The molecule has 0 aliphatic carbocycles. The third-order valence-electron chi connectivity index (χ3n) is 10.1. The Bertz CT molecular complexity index is 1670. The molecule has 9 nitrogen and oxygen atoms in total. The molecule has 250 valence electrons. The number of rotatable bonds is 9. The van der Waals surface area contributed by atoms with E-state index in [9.17, 15) is 17.0 Å². The van der Waals surface area contributed by atoms with E-state index in [1.165, 1.54) is 57.4 Å². The summed E-state index contributed by atoms with van der Waals surface area (Å²) in [6, 6.07) is 10.2. The highest BCUT2D eigenvalue weighted by atomic mass is 32.2. The van der Waals surface area contributed by atoms with E-state index < -0.39 is 26.5 Å². The second kappa shape index (κ2) is 14.2. The number of nitrogens with zero attached hydrogens (tertiary/aromatic N) is 5. The molecule has 3 saturated heterocycles. The Kier molecular flexibility index (Phi) is 10.3. The molecule has 6 rings (SSSR count). The Labute approximate surface area is 275 Å². The zero-order chi connectivity index (χ0) is 32.4. The number of piperazine rings is 1. The third kappa shape index (κ3) is 6.82. The Morgan fingerprint density at radius 2 is 1.54 bits per heavy atom. The first-order valence-corrected chi connectivity index (χ1v) is 19.6. The van der Waals surface area contributed by atoms with Crippen LogP contribution in [-0.4, -0.2) is 116 Å². The monoisotopic (exact) mass is 671 g/mol. The highest BCUT2D eigenvalue weighted by Crippen LogP contribution is 2.39. The van der Waals surface area contributed by atoms with Crippen LogP contribution in [0.15, 0.2) is 57.3 Å². The molecule has 0 radical (unpaired) electrons. The normalized spacial score (nSPS) is 20.7. The highest BCUT2D eigenvalue weighted by molar-refractivity contribution is 7.91. The first-order chi connectivity index (χ1) is 22.2. The van der Waals surface area contributed by atoms with Crippen LogP contribution < -0.4 is 9.64 Å². The van der Waals surface area contributed by atoms with Gasteiger partial charge in [0.1, 0.15) is 4.90 Å². The maximum atomic E-state index is 14.9. The van der Waals surface area contributed by atoms with Crippen molar-refractivity contribution in [2.24, 2.45) is 0 Å². The average Bonchev–Trinajstić information content (AvgIpc) is 3.08. The number of fused-ring (bicyclic) bond motifs is 1. The lowest BCUT2D eigenvalue weighted by Crippen LogP contribution is -2.55. The van der Waals surface area contributed by atoms with Gasteiger partial charge in [-0.15, -0.1) is 0 Å². The summed E-state index contributed by atoms with van der Waals surface area (Å²) < 4.78 is 60.9. The standard InChI is InChI=1S/C34H46FN5O4S2/c1-4-37-18-20-39(21-19-37)26-10-14-38(15-11-26)25-12-16-40(17-13-25)34-29-22-27(45(3)41)6-8-31(29)36-24-33(34)46(42,43)28-7-9-32(44-5-2)30(35)23-28/h6-9,22-26H,4-5,10-21H2,1-3H3/t45-/m1/s1. The van der Waals surface area contributed by atoms with Crippen LogP contribution in [0.5, 0.6) is 5.75 Å². The fraction of sp³-hybridized carbons (Fsp3) is 0.559. The molecule has 0 amide bonds. The predicted octanol–water partition coefficient (Wildman–Crippen LogP) is 4.41. The summed E-state index contributed by atoms with van der Waals surface area (Å²) in [7, 11) is -5.41. The van der Waals surface area contributed by atoms with Crippen LogP contribution in [0, 0.1) is 5.82 Å². The summed E-state index contributed by atoms with van der Waals surface area (Å²) in [5, 5.41) is 0.641. The minimum Gasteiger partial charge on any atom is -0.491 e. The van der Waals surface area contributed by atoms with Crippen LogP contribution in [0.1, 0.15) is 39.5 Å². The van der Waals surface area contributed by atoms with Crippen LogP contribution in [0.2, 0.25) is 0 Å². The molecule has 0 bridgehead atoms. The number of benzene rings is 2. The topological polar surface area (TPSA) is 86.3 Å². The Hall–Kier alpha value is -2.64. The number of aromatic nitrogens is 1. The molecule has 0 unspecified atom stereocenters. The molecule has 12 heteroatoms. The van der Waals surface area contributed by atoms with Crippen molar-refractivity contribution < 1.29 is 21.8 Å².